The molecule has 0 aromatic heterocycles. The molecule has 1 saturated heterocycles. The number of nitrogens with zero attached hydrogens (tertiary/aromatic N) is 3. The van der Waals surface area contributed by atoms with Crippen molar-refractivity contribution in [2.24, 2.45) is 4.99 Å². The molecule has 0 saturated carbocycles. The van der Waals surface area contributed by atoms with Crippen LogP contribution in [0.25, 0.3) is 6.08 Å². The number of benzene rings is 2. The highest BCUT2D eigenvalue weighted by Gasteiger charge is 2.31. The first-order valence-corrected chi connectivity index (χ1v) is 9.95. The van der Waals surface area contributed by atoms with Crippen LogP contribution >= 0.6 is 11.8 Å². The van der Waals surface area contributed by atoms with Gasteiger partial charge >= 0.3 is 5.97 Å². The Kier molecular flexibility index (Phi) is 6.79. The predicted molar refractivity (Wildman–Crippen MR) is 119 cm³/mol. The number of carbonyl (C=O) groups excluding carboxylic acids is 2. The van der Waals surface area contributed by atoms with Gasteiger partial charge in [0.25, 0.3) is 11.6 Å². The maximum Gasteiger partial charge on any atom is 0.337 e. The second-order valence-electron chi connectivity index (χ2n) is 6.43. The monoisotopic (exact) mass is 457 g/mol. The number of esters is 1. The van der Waals surface area contributed by atoms with Gasteiger partial charge in [-0.15, -0.1) is 0 Å². The zero-order valence-corrected chi connectivity index (χ0v) is 18.5. The van der Waals surface area contributed by atoms with Gasteiger partial charge in [-0.1, -0.05) is 0 Å². The quantitative estimate of drug-likeness (QED) is 0.279. The van der Waals surface area contributed by atoms with Crippen LogP contribution in [0.15, 0.2) is 46.3 Å². The summed E-state index contributed by atoms with van der Waals surface area (Å²) in [7, 11) is 5.65. The van der Waals surface area contributed by atoms with Crippen molar-refractivity contribution in [2.75, 3.05) is 28.4 Å². The molecular weight excluding hydrogens is 438 g/mol. The number of hydrogen-bond acceptors (Lipinski definition) is 9. The summed E-state index contributed by atoms with van der Waals surface area (Å²) in [6.07, 6.45) is 1.42. The molecule has 1 fully saturated rings. The molecule has 0 bridgehead atoms. The van der Waals surface area contributed by atoms with Crippen molar-refractivity contribution >= 4 is 46.3 Å². The van der Waals surface area contributed by atoms with Gasteiger partial charge in [-0.05, 0) is 48.2 Å². The van der Waals surface area contributed by atoms with Crippen LogP contribution in [0.3, 0.4) is 0 Å². The molecule has 0 N–H and O–H groups in total. The third-order valence-corrected chi connectivity index (χ3v) is 5.59. The third-order valence-electron chi connectivity index (χ3n) is 4.53. The van der Waals surface area contributed by atoms with E-state index in [0.29, 0.717) is 22.2 Å². The largest absolute Gasteiger partial charge is 0.493 e. The lowest BCUT2D eigenvalue weighted by Gasteiger charge is -2.09. The average molecular weight is 457 g/mol. The number of thioether (sulfide) groups is 1. The van der Waals surface area contributed by atoms with Crippen LogP contribution in [0.4, 0.5) is 11.4 Å². The zero-order valence-electron chi connectivity index (χ0n) is 17.6. The molecule has 2 aromatic rings. The van der Waals surface area contributed by atoms with Gasteiger partial charge in [-0.25, -0.2) is 9.79 Å². The Labute approximate surface area is 187 Å². The van der Waals surface area contributed by atoms with Crippen molar-refractivity contribution in [3.63, 3.8) is 0 Å². The number of amides is 1. The fraction of sp³-hybridized carbons (Fsp3) is 0.190. The SMILES string of the molecule is COC(=O)c1ccc(N=C2S/C(=C\c3cc(OC)c(OC)cc3[N+](=O)[O-])C(=O)N2C)cc1. The molecule has 32 heavy (non-hydrogen) atoms. The Hall–Kier alpha value is -3.86. The highest BCUT2D eigenvalue weighted by Crippen LogP contribution is 2.39. The average Bonchev–Trinajstić information content (AvgIpc) is 3.06. The Morgan fingerprint density at radius 3 is 2.31 bits per heavy atom. The molecule has 0 atom stereocenters. The van der Waals surface area contributed by atoms with E-state index in [0.717, 1.165) is 11.8 Å². The molecule has 0 aliphatic carbocycles. The first kappa shape index (κ1) is 22.8. The van der Waals surface area contributed by atoms with E-state index in [1.807, 2.05) is 0 Å². The summed E-state index contributed by atoms with van der Waals surface area (Å²) in [5, 5.41) is 11.9. The van der Waals surface area contributed by atoms with E-state index in [-0.39, 0.29) is 27.8 Å². The van der Waals surface area contributed by atoms with Crippen LogP contribution in [-0.4, -0.2) is 55.2 Å². The van der Waals surface area contributed by atoms with Gasteiger partial charge in [0.15, 0.2) is 16.7 Å². The molecular formula is C21H19N3O7S. The topological polar surface area (TPSA) is 121 Å². The second-order valence-corrected chi connectivity index (χ2v) is 7.44. The zero-order chi connectivity index (χ0) is 23.4. The van der Waals surface area contributed by atoms with Crippen molar-refractivity contribution in [3.05, 3.63) is 62.5 Å². The Morgan fingerprint density at radius 2 is 1.75 bits per heavy atom. The maximum absolute atomic E-state index is 12.7. The van der Waals surface area contributed by atoms with Gasteiger partial charge in [0.05, 0.1) is 54.0 Å². The lowest BCUT2D eigenvalue weighted by Crippen LogP contribution is -2.23. The molecule has 11 heteroatoms. The first-order chi connectivity index (χ1) is 15.3. The molecule has 1 amide bonds. The fourth-order valence-electron chi connectivity index (χ4n) is 2.85. The van der Waals surface area contributed by atoms with E-state index in [2.05, 4.69) is 9.73 Å². The molecule has 0 radical (unpaired) electrons. The summed E-state index contributed by atoms with van der Waals surface area (Å²) < 4.78 is 15.0. The Bertz CT molecular complexity index is 1140. The van der Waals surface area contributed by atoms with Crippen LogP contribution in [0, 0.1) is 10.1 Å². The van der Waals surface area contributed by atoms with Gasteiger partial charge in [-0.3, -0.25) is 19.8 Å². The minimum absolute atomic E-state index is 0.195. The number of likely N-dealkylation sites (N-methyl/N-ethyl adjacent to an activating group) is 1. The second kappa shape index (κ2) is 9.52. The summed E-state index contributed by atoms with van der Waals surface area (Å²) >= 11 is 1.08. The number of amidine groups is 1. The molecule has 2 aromatic carbocycles. The number of rotatable bonds is 6. The Balaban J connectivity index is 1.96. The third kappa shape index (κ3) is 4.57. The van der Waals surface area contributed by atoms with Gasteiger partial charge in [-0.2, -0.15) is 0 Å². The minimum Gasteiger partial charge on any atom is -0.493 e. The summed E-state index contributed by atoms with van der Waals surface area (Å²) in [6, 6.07) is 9.07. The molecule has 1 aliphatic heterocycles. The summed E-state index contributed by atoms with van der Waals surface area (Å²) in [6.45, 7) is 0. The van der Waals surface area contributed by atoms with E-state index in [1.54, 1.807) is 31.3 Å². The van der Waals surface area contributed by atoms with Crippen LogP contribution in [0.2, 0.25) is 0 Å². The van der Waals surface area contributed by atoms with Gasteiger partial charge < -0.3 is 14.2 Å². The molecule has 0 spiro atoms. The van der Waals surface area contributed by atoms with E-state index >= 15 is 0 Å². The number of nitro groups is 1. The number of ether oxygens (including phenoxy) is 3. The van der Waals surface area contributed by atoms with E-state index in [9.17, 15) is 19.7 Å². The smallest absolute Gasteiger partial charge is 0.337 e. The van der Waals surface area contributed by atoms with Gasteiger partial charge in [0.1, 0.15) is 0 Å². The molecule has 10 nitrogen and oxygen atoms in total. The minimum atomic E-state index is -0.556. The van der Waals surface area contributed by atoms with Gasteiger partial charge in [0.2, 0.25) is 0 Å². The van der Waals surface area contributed by atoms with Crippen LogP contribution in [0.5, 0.6) is 11.5 Å². The van der Waals surface area contributed by atoms with E-state index in [4.69, 9.17) is 9.47 Å². The standard InChI is InChI=1S/C21H19N3O7S/c1-23-19(25)18(10-13-9-16(29-2)17(30-3)11-15(13)24(27)28)32-21(23)22-14-7-5-12(6-8-14)20(26)31-4/h5-11H,1-4H3/b18-10-,22-21?. The highest BCUT2D eigenvalue weighted by atomic mass is 32.2. The molecule has 3 rings (SSSR count). The van der Waals surface area contributed by atoms with Crippen molar-refractivity contribution in [3.8, 4) is 11.5 Å². The van der Waals surface area contributed by atoms with Crippen LogP contribution in [0.1, 0.15) is 15.9 Å². The van der Waals surface area contributed by atoms with Crippen LogP contribution in [-0.2, 0) is 9.53 Å². The lowest BCUT2D eigenvalue weighted by molar-refractivity contribution is -0.385. The van der Waals surface area contributed by atoms with E-state index in [1.165, 1.54) is 44.4 Å². The molecule has 166 valence electrons. The number of nitro benzene ring substituents is 1. The molecule has 0 unspecified atom stereocenters. The van der Waals surface area contributed by atoms with Crippen molar-refractivity contribution in [1.29, 1.82) is 0 Å². The summed E-state index contributed by atoms with van der Waals surface area (Å²) in [5.74, 6) is -0.313. The number of carbonyl (C=O) groups is 2. The summed E-state index contributed by atoms with van der Waals surface area (Å²) in [5.41, 5.74) is 0.870. The molecule has 1 aliphatic rings. The van der Waals surface area contributed by atoms with Crippen molar-refractivity contribution in [1.82, 2.24) is 4.90 Å². The summed E-state index contributed by atoms with van der Waals surface area (Å²) in [4.78, 5) is 41.3. The predicted octanol–water partition coefficient (Wildman–Crippen LogP) is 3.63. The maximum atomic E-state index is 12.7. The number of hydrogen-bond donors (Lipinski definition) is 0. The van der Waals surface area contributed by atoms with Crippen molar-refractivity contribution in [2.45, 2.75) is 0 Å². The first-order valence-electron chi connectivity index (χ1n) is 9.14. The molecule has 1 heterocycles. The fourth-order valence-corrected chi connectivity index (χ4v) is 3.83. The Morgan fingerprint density at radius 1 is 1.12 bits per heavy atom. The number of methoxy groups -OCH3 is 3. The van der Waals surface area contributed by atoms with Crippen molar-refractivity contribution < 1.29 is 28.7 Å². The van der Waals surface area contributed by atoms with E-state index < -0.39 is 10.9 Å². The van der Waals surface area contributed by atoms with Crippen LogP contribution < -0.4 is 9.47 Å². The van der Waals surface area contributed by atoms with Gasteiger partial charge in [0, 0.05) is 7.05 Å². The highest BCUT2D eigenvalue weighted by molar-refractivity contribution is 8.18. The number of aliphatic imine (C=N–C) groups is 1. The normalized spacial score (nSPS) is 15.9. The lowest BCUT2D eigenvalue weighted by atomic mass is 10.1.